The molecule has 1 aromatic carbocycles. The third-order valence-corrected chi connectivity index (χ3v) is 3.59. The van der Waals surface area contributed by atoms with Crippen LogP contribution in [0.4, 0.5) is 0 Å². The first-order chi connectivity index (χ1) is 10.0. The van der Waals surface area contributed by atoms with E-state index in [-0.39, 0.29) is 18.3 Å². The van der Waals surface area contributed by atoms with Crippen LogP contribution in [-0.2, 0) is 16.1 Å². The molecule has 22 heavy (non-hydrogen) atoms. The highest BCUT2D eigenvalue weighted by Crippen LogP contribution is 2.32. The van der Waals surface area contributed by atoms with Gasteiger partial charge in [-0.05, 0) is 38.3 Å². The van der Waals surface area contributed by atoms with Crippen LogP contribution >= 0.6 is 12.4 Å². The van der Waals surface area contributed by atoms with E-state index in [9.17, 15) is 4.79 Å². The molecule has 1 amide bonds. The number of benzene rings is 1. The number of carbonyl (C=O) groups is 1. The minimum absolute atomic E-state index is 0. The van der Waals surface area contributed by atoms with Crippen LogP contribution in [0.25, 0.3) is 0 Å². The highest BCUT2D eigenvalue weighted by atomic mass is 35.5. The highest BCUT2D eigenvalue weighted by molar-refractivity contribution is 5.88. The van der Waals surface area contributed by atoms with E-state index in [0.29, 0.717) is 26.4 Å². The van der Waals surface area contributed by atoms with E-state index in [1.807, 2.05) is 32.0 Å². The summed E-state index contributed by atoms with van der Waals surface area (Å²) in [6.45, 7) is 6.13. The maximum Gasteiger partial charge on any atom is 0.240 e. The molecule has 2 rings (SSSR count). The van der Waals surface area contributed by atoms with Gasteiger partial charge in [-0.15, -0.1) is 12.4 Å². The number of nitrogens with two attached hydrogens (primary N) is 1. The summed E-state index contributed by atoms with van der Waals surface area (Å²) in [5.74, 6) is 0.709. The van der Waals surface area contributed by atoms with E-state index in [2.05, 4.69) is 5.32 Å². The SMILES string of the molecule is CCOCCOc1cc(C)ccc1CNC(=O)C1(N)CC1.Cl. The lowest BCUT2D eigenvalue weighted by Crippen LogP contribution is -2.42. The van der Waals surface area contributed by atoms with Crippen molar-refractivity contribution in [2.75, 3.05) is 19.8 Å². The van der Waals surface area contributed by atoms with Crippen LogP contribution < -0.4 is 15.8 Å². The van der Waals surface area contributed by atoms with Gasteiger partial charge in [0.15, 0.2) is 0 Å². The first kappa shape index (κ1) is 18.7. The lowest BCUT2D eigenvalue weighted by Gasteiger charge is -2.14. The number of nitrogens with one attached hydrogen (secondary N) is 1. The fourth-order valence-corrected chi connectivity index (χ4v) is 2.01. The number of rotatable bonds is 8. The second kappa shape index (κ2) is 8.36. The van der Waals surface area contributed by atoms with Gasteiger partial charge in [-0.1, -0.05) is 12.1 Å². The number of ether oxygens (including phenoxy) is 2. The average Bonchev–Trinajstić information content (AvgIpc) is 3.21. The largest absolute Gasteiger partial charge is 0.491 e. The van der Waals surface area contributed by atoms with Crippen LogP contribution in [0, 0.1) is 6.92 Å². The number of aryl methyl sites for hydroxylation is 1. The van der Waals surface area contributed by atoms with Crippen LogP contribution in [-0.4, -0.2) is 31.3 Å². The van der Waals surface area contributed by atoms with Crippen molar-refractivity contribution in [3.05, 3.63) is 29.3 Å². The molecule has 0 radical (unpaired) electrons. The number of hydrogen-bond donors (Lipinski definition) is 2. The molecule has 5 nitrogen and oxygen atoms in total. The van der Waals surface area contributed by atoms with Gasteiger partial charge in [-0.2, -0.15) is 0 Å². The third-order valence-electron chi connectivity index (χ3n) is 3.59. The van der Waals surface area contributed by atoms with Gasteiger partial charge in [-0.3, -0.25) is 4.79 Å². The topological polar surface area (TPSA) is 73.6 Å². The molecule has 124 valence electrons. The zero-order valence-corrected chi connectivity index (χ0v) is 14.0. The molecule has 0 aromatic heterocycles. The number of halogens is 1. The molecule has 0 saturated heterocycles. The van der Waals surface area contributed by atoms with Crippen molar-refractivity contribution in [2.45, 2.75) is 38.8 Å². The summed E-state index contributed by atoms with van der Waals surface area (Å²) in [5, 5.41) is 2.89. The molecule has 1 aromatic rings. The fraction of sp³-hybridized carbons (Fsp3) is 0.562. The maximum atomic E-state index is 11.9. The summed E-state index contributed by atoms with van der Waals surface area (Å²) >= 11 is 0. The van der Waals surface area contributed by atoms with Crippen molar-refractivity contribution in [3.8, 4) is 5.75 Å². The van der Waals surface area contributed by atoms with Crippen LogP contribution in [0.15, 0.2) is 18.2 Å². The summed E-state index contributed by atoms with van der Waals surface area (Å²) in [6, 6.07) is 5.96. The molecule has 0 bridgehead atoms. The Bertz CT molecular complexity index is 504. The van der Waals surface area contributed by atoms with Crippen molar-refractivity contribution in [1.82, 2.24) is 5.32 Å². The molecule has 0 unspecified atom stereocenters. The van der Waals surface area contributed by atoms with Gasteiger partial charge in [0.1, 0.15) is 12.4 Å². The molecule has 1 aliphatic carbocycles. The fourth-order valence-electron chi connectivity index (χ4n) is 2.01. The predicted octanol–water partition coefficient (Wildman–Crippen LogP) is 1.94. The van der Waals surface area contributed by atoms with Gasteiger partial charge >= 0.3 is 0 Å². The third kappa shape index (κ3) is 5.16. The monoisotopic (exact) mass is 328 g/mol. The van der Waals surface area contributed by atoms with Crippen LogP contribution in [0.2, 0.25) is 0 Å². The Morgan fingerprint density at radius 3 is 2.73 bits per heavy atom. The molecule has 3 N–H and O–H groups in total. The first-order valence-electron chi connectivity index (χ1n) is 7.42. The lowest BCUT2D eigenvalue weighted by molar-refractivity contribution is -0.123. The molecule has 1 fully saturated rings. The Morgan fingerprint density at radius 1 is 1.36 bits per heavy atom. The van der Waals surface area contributed by atoms with E-state index < -0.39 is 5.54 Å². The van der Waals surface area contributed by atoms with E-state index in [1.54, 1.807) is 0 Å². The first-order valence-corrected chi connectivity index (χ1v) is 7.42. The smallest absolute Gasteiger partial charge is 0.240 e. The molecular weight excluding hydrogens is 304 g/mol. The molecule has 0 heterocycles. The predicted molar refractivity (Wildman–Crippen MR) is 88.4 cm³/mol. The van der Waals surface area contributed by atoms with Crippen LogP contribution in [0.1, 0.15) is 30.9 Å². The van der Waals surface area contributed by atoms with Crippen molar-refractivity contribution >= 4 is 18.3 Å². The van der Waals surface area contributed by atoms with Crippen LogP contribution in [0.5, 0.6) is 5.75 Å². The van der Waals surface area contributed by atoms with Gasteiger partial charge in [-0.25, -0.2) is 0 Å². The summed E-state index contributed by atoms with van der Waals surface area (Å²) in [5.41, 5.74) is 7.30. The molecule has 1 aliphatic rings. The summed E-state index contributed by atoms with van der Waals surface area (Å²) < 4.78 is 11.0. The zero-order valence-electron chi connectivity index (χ0n) is 13.2. The van der Waals surface area contributed by atoms with Gasteiger partial charge in [0.05, 0.1) is 12.1 Å². The van der Waals surface area contributed by atoms with E-state index >= 15 is 0 Å². The quantitative estimate of drug-likeness (QED) is 0.715. The molecule has 6 heteroatoms. The summed E-state index contributed by atoms with van der Waals surface area (Å²) in [7, 11) is 0. The summed E-state index contributed by atoms with van der Waals surface area (Å²) in [4.78, 5) is 11.9. The normalized spacial score (nSPS) is 14.9. The van der Waals surface area contributed by atoms with E-state index in [4.69, 9.17) is 15.2 Å². The van der Waals surface area contributed by atoms with Crippen molar-refractivity contribution in [1.29, 1.82) is 0 Å². The molecular formula is C16H25ClN2O3. The van der Waals surface area contributed by atoms with Crippen molar-refractivity contribution in [2.24, 2.45) is 5.73 Å². The Labute approximate surface area is 138 Å². The Balaban J connectivity index is 0.00000242. The Kier molecular flexibility index (Phi) is 7.13. The van der Waals surface area contributed by atoms with Gasteiger partial charge in [0, 0.05) is 18.7 Å². The van der Waals surface area contributed by atoms with Gasteiger partial charge in [0.2, 0.25) is 5.91 Å². The molecule has 0 aliphatic heterocycles. The molecule has 0 spiro atoms. The second-order valence-corrected chi connectivity index (χ2v) is 5.50. The van der Waals surface area contributed by atoms with Crippen LogP contribution in [0.3, 0.4) is 0 Å². The van der Waals surface area contributed by atoms with Crippen molar-refractivity contribution < 1.29 is 14.3 Å². The number of carbonyl (C=O) groups excluding carboxylic acids is 1. The molecule has 0 atom stereocenters. The van der Waals surface area contributed by atoms with E-state index in [1.165, 1.54) is 0 Å². The standard InChI is InChI=1S/C16H24N2O3.ClH/c1-3-20-8-9-21-14-10-12(2)4-5-13(14)11-18-15(19)16(17)6-7-16;/h4-5,10H,3,6-9,11,17H2,1-2H3,(H,18,19);1H. The zero-order chi connectivity index (χ0) is 15.3. The highest BCUT2D eigenvalue weighted by Gasteiger charge is 2.45. The molecule has 1 saturated carbocycles. The second-order valence-electron chi connectivity index (χ2n) is 5.50. The van der Waals surface area contributed by atoms with Gasteiger partial charge in [0.25, 0.3) is 0 Å². The average molecular weight is 329 g/mol. The van der Waals surface area contributed by atoms with Crippen molar-refractivity contribution in [3.63, 3.8) is 0 Å². The number of hydrogen-bond acceptors (Lipinski definition) is 4. The van der Waals surface area contributed by atoms with Gasteiger partial charge < -0.3 is 20.5 Å². The summed E-state index contributed by atoms with van der Waals surface area (Å²) in [6.07, 6.45) is 1.54. The lowest BCUT2D eigenvalue weighted by atomic mass is 10.1. The Hall–Kier alpha value is -1.30. The Morgan fingerprint density at radius 2 is 2.09 bits per heavy atom. The minimum atomic E-state index is -0.638. The number of amides is 1. The van der Waals surface area contributed by atoms with E-state index in [0.717, 1.165) is 29.7 Å². The minimum Gasteiger partial charge on any atom is -0.491 e. The maximum absolute atomic E-state index is 11.9.